The van der Waals surface area contributed by atoms with Crippen LogP contribution in [0.4, 0.5) is 0 Å². The van der Waals surface area contributed by atoms with Crippen LogP contribution in [0, 0.1) is 0 Å². The number of methoxy groups -OCH3 is 1. The summed E-state index contributed by atoms with van der Waals surface area (Å²) in [7, 11) is 1.65. The van der Waals surface area contributed by atoms with Crippen molar-refractivity contribution in [3.8, 4) is 5.75 Å². The van der Waals surface area contributed by atoms with Crippen molar-refractivity contribution in [1.82, 2.24) is 5.32 Å². The van der Waals surface area contributed by atoms with Crippen LogP contribution in [-0.4, -0.2) is 25.1 Å². The fourth-order valence-corrected chi connectivity index (χ4v) is 1.72. The number of rotatable bonds is 6. The average Bonchev–Trinajstić information content (AvgIpc) is 2.27. The Labute approximate surface area is 109 Å². The lowest BCUT2D eigenvalue weighted by atomic mass is 10.0. The maximum Gasteiger partial charge on any atom is 0.221 e. The summed E-state index contributed by atoms with van der Waals surface area (Å²) in [6.07, 6.45) is 1.08. The largest absolute Gasteiger partial charge is 0.496 e. The van der Waals surface area contributed by atoms with Gasteiger partial charge < -0.3 is 15.8 Å². The van der Waals surface area contributed by atoms with E-state index in [1.165, 1.54) is 0 Å². The number of hydrogen-bond donors (Lipinski definition) is 2. The minimum absolute atomic E-state index is 0.0163. The van der Waals surface area contributed by atoms with Gasteiger partial charge in [-0.05, 0) is 31.9 Å². The summed E-state index contributed by atoms with van der Waals surface area (Å²) in [5.41, 5.74) is 6.41. The molecule has 0 saturated carbocycles. The van der Waals surface area contributed by atoms with E-state index < -0.39 is 5.54 Å². The molecule has 0 fully saturated rings. The summed E-state index contributed by atoms with van der Waals surface area (Å²) in [5.74, 6) is 0.836. The number of benzene rings is 1. The molecule has 1 rings (SSSR count). The molecule has 18 heavy (non-hydrogen) atoms. The zero-order valence-electron chi connectivity index (χ0n) is 11.3. The summed E-state index contributed by atoms with van der Waals surface area (Å²) >= 11 is 0. The highest BCUT2D eigenvalue weighted by Crippen LogP contribution is 2.17. The van der Waals surface area contributed by atoms with E-state index in [0.29, 0.717) is 13.0 Å². The summed E-state index contributed by atoms with van der Waals surface area (Å²) in [6.45, 7) is 4.27. The Balaban J connectivity index is 2.40. The zero-order chi connectivity index (χ0) is 13.6. The van der Waals surface area contributed by atoms with E-state index in [-0.39, 0.29) is 5.91 Å². The molecule has 0 radical (unpaired) electrons. The molecular formula is C14H22N2O2. The van der Waals surface area contributed by atoms with Gasteiger partial charge in [-0.15, -0.1) is 0 Å². The van der Waals surface area contributed by atoms with E-state index in [9.17, 15) is 4.79 Å². The molecule has 0 aromatic heterocycles. The number of carbonyl (C=O) groups excluding carboxylic acids is 1. The topological polar surface area (TPSA) is 64.3 Å². The molecule has 1 amide bonds. The third kappa shape index (κ3) is 5.19. The van der Waals surface area contributed by atoms with Gasteiger partial charge in [0.15, 0.2) is 0 Å². The molecule has 0 unspecified atom stereocenters. The van der Waals surface area contributed by atoms with E-state index in [1.807, 2.05) is 38.1 Å². The zero-order valence-corrected chi connectivity index (χ0v) is 11.3. The molecule has 0 spiro atoms. The predicted octanol–water partition coefficient (Wildman–Crippen LogP) is 1.48. The SMILES string of the molecule is COc1ccccc1CCNC(=O)CC(C)(C)N. The molecule has 4 heteroatoms. The van der Waals surface area contributed by atoms with Crippen LogP contribution in [0.5, 0.6) is 5.75 Å². The lowest BCUT2D eigenvalue weighted by molar-refractivity contribution is -0.121. The molecule has 3 N–H and O–H groups in total. The lowest BCUT2D eigenvalue weighted by Crippen LogP contribution is -2.39. The van der Waals surface area contributed by atoms with Crippen LogP contribution in [0.15, 0.2) is 24.3 Å². The maximum absolute atomic E-state index is 11.6. The molecule has 0 aliphatic rings. The van der Waals surface area contributed by atoms with Crippen molar-refractivity contribution in [3.63, 3.8) is 0 Å². The Hall–Kier alpha value is -1.55. The first-order chi connectivity index (χ1) is 8.42. The van der Waals surface area contributed by atoms with E-state index in [1.54, 1.807) is 7.11 Å². The lowest BCUT2D eigenvalue weighted by Gasteiger charge is -2.17. The minimum Gasteiger partial charge on any atom is -0.496 e. The van der Waals surface area contributed by atoms with Crippen LogP contribution in [0.3, 0.4) is 0 Å². The van der Waals surface area contributed by atoms with Crippen molar-refractivity contribution in [2.75, 3.05) is 13.7 Å². The second-order valence-electron chi connectivity index (χ2n) is 5.08. The van der Waals surface area contributed by atoms with Crippen molar-refractivity contribution in [3.05, 3.63) is 29.8 Å². The molecular weight excluding hydrogens is 228 g/mol. The summed E-state index contributed by atoms with van der Waals surface area (Å²) < 4.78 is 5.25. The van der Waals surface area contributed by atoms with Crippen LogP contribution in [0.25, 0.3) is 0 Å². The van der Waals surface area contributed by atoms with E-state index >= 15 is 0 Å². The number of nitrogens with two attached hydrogens (primary N) is 1. The Morgan fingerprint density at radius 3 is 2.67 bits per heavy atom. The quantitative estimate of drug-likeness (QED) is 0.804. The molecule has 0 saturated heterocycles. The minimum atomic E-state index is -0.464. The predicted molar refractivity (Wildman–Crippen MR) is 72.6 cm³/mol. The third-order valence-corrected chi connectivity index (χ3v) is 2.53. The first-order valence-electron chi connectivity index (χ1n) is 6.10. The number of ether oxygens (including phenoxy) is 1. The van der Waals surface area contributed by atoms with Crippen molar-refractivity contribution in [2.24, 2.45) is 5.73 Å². The Morgan fingerprint density at radius 1 is 1.39 bits per heavy atom. The number of hydrogen-bond acceptors (Lipinski definition) is 3. The van der Waals surface area contributed by atoms with Gasteiger partial charge in [-0.1, -0.05) is 18.2 Å². The van der Waals surface area contributed by atoms with Gasteiger partial charge in [0, 0.05) is 18.5 Å². The van der Waals surface area contributed by atoms with Crippen molar-refractivity contribution < 1.29 is 9.53 Å². The second-order valence-corrected chi connectivity index (χ2v) is 5.08. The first-order valence-corrected chi connectivity index (χ1v) is 6.10. The van der Waals surface area contributed by atoms with Gasteiger partial charge in [0.2, 0.25) is 5.91 Å². The van der Waals surface area contributed by atoms with Gasteiger partial charge in [-0.2, -0.15) is 0 Å². The molecule has 0 aliphatic heterocycles. The maximum atomic E-state index is 11.6. The van der Waals surface area contributed by atoms with Gasteiger partial charge in [0.05, 0.1) is 7.11 Å². The molecule has 0 atom stereocenters. The normalized spacial score (nSPS) is 11.1. The van der Waals surface area contributed by atoms with Gasteiger partial charge >= 0.3 is 0 Å². The summed E-state index contributed by atoms with van der Waals surface area (Å²) in [5, 5.41) is 2.86. The highest BCUT2D eigenvalue weighted by atomic mass is 16.5. The van der Waals surface area contributed by atoms with Gasteiger partial charge in [-0.3, -0.25) is 4.79 Å². The monoisotopic (exact) mass is 250 g/mol. The second kappa shape index (κ2) is 6.40. The van der Waals surface area contributed by atoms with Crippen LogP contribution >= 0.6 is 0 Å². The van der Waals surface area contributed by atoms with Crippen molar-refractivity contribution in [2.45, 2.75) is 32.2 Å². The highest BCUT2D eigenvalue weighted by molar-refractivity contribution is 5.77. The fraction of sp³-hybridized carbons (Fsp3) is 0.500. The standard InChI is InChI=1S/C14H22N2O2/c1-14(2,15)10-13(17)16-9-8-11-6-4-5-7-12(11)18-3/h4-7H,8-10,15H2,1-3H3,(H,16,17). The Bertz CT molecular complexity index is 397. The molecule has 1 aromatic rings. The van der Waals surface area contributed by atoms with Gasteiger partial charge in [0.1, 0.15) is 5.75 Å². The molecule has 0 bridgehead atoms. The Kier molecular flexibility index (Phi) is 5.16. The van der Waals surface area contributed by atoms with Gasteiger partial charge in [0.25, 0.3) is 0 Å². The van der Waals surface area contributed by atoms with E-state index in [4.69, 9.17) is 10.5 Å². The molecule has 0 heterocycles. The van der Waals surface area contributed by atoms with Crippen LogP contribution in [0.2, 0.25) is 0 Å². The van der Waals surface area contributed by atoms with Crippen LogP contribution in [0.1, 0.15) is 25.8 Å². The number of nitrogens with one attached hydrogen (secondary N) is 1. The molecule has 100 valence electrons. The summed E-state index contributed by atoms with van der Waals surface area (Å²) in [4.78, 5) is 11.6. The number of carbonyl (C=O) groups is 1. The third-order valence-electron chi connectivity index (χ3n) is 2.53. The van der Waals surface area contributed by atoms with Crippen molar-refractivity contribution in [1.29, 1.82) is 0 Å². The highest BCUT2D eigenvalue weighted by Gasteiger charge is 2.15. The fourth-order valence-electron chi connectivity index (χ4n) is 1.72. The first kappa shape index (κ1) is 14.5. The van der Waals surface area contributed by atoms with Crippen molar-refractivity contribution >= 4 is 5.91 Å². The molecule has 4 nitrogen and oxygen atoms in total. The smallest absolute Gasteiger partial charge is 0.221 e. The average molecular weight is 250 g/mol. The van der Waals surface area contributed by atoms with E-state index in [2.05, 4.69) is 5.32 Å². The number of para-hydroxylation sites is 1. The van der Waals surface area contributed by atoms with Gasteiger partial charge in [-0.25, -0.2) is 0 Å². The Morgan fingerprint density at radius 2 is 2.06 bits per heavy atom. The van der Waals surface area contributed by atoms with Crippen LogP contribution in [-0.2, 0) is 11.2 Å². The van der Waals surface area contributed by atoms with Crippen LogP contribution < -0.4 is 15.8 Å². The number of amides is 1. The summed E-state index contributed by atoms with van der Waals surface area (Å²) in [6, 6.07) is 7.80. The molecule has 1 aromatic carbocycles. The molecule has 0 aliphatic carbocycles. The van der Waals surface area contributed by atoms with E-state index in [0.717, 1.165) is 17.7 Å².